The van der Waals surface area contributed by atoms with Crippen LogP contribution in [0.5, 0.6) is 0 Å². The van der Waals surface area contributed by atoms with E-state index in [1.807, 2.05) is 0 Å². The maximum Gasteiger partial charge on any atom is 0.101 e. The number of aromatic nitrogens is 1. The fraction of sp³-hybridized carbons (Fsp3) is 0.500. The molecule has 0 aliphatic carbocycles. The summed E-state index contributed by atoms with van der Waals surface area (Å²) in [6, 6.07) is 4.06. The van der Waals surface area contributed by atoms with Crippen LogP contribution in [0.2, 0.25) is 0 Å². The number of hydrogen-bond donors (Lipinski definition) is 2. The Hall–Kier alpha value is -1.60. The highest BCUT2D eigenvalue weighted by Crippen LogP contribution is 2.14. The third-order valence-corrected chi connectivity index (χ3v) is 2.49. The zero-order valence-corrected chi connectivity index (χ0v) is 9.61. The lowest BCUT2D eigenvalue weighted by Gasteiger charge is -2.18. The van der Waals surface area contributed by atoms with Gasteiger partial charge in [0.15, 0.2) is 0 Å². The molecule has 1 aromatic heterocycles. The van der Waals surface area contributed by atoms with Gasteiger partial charge >= 0.3 is 0 Å². The van der Waals surface area contributed by atoms with Crippen molar-refractivity contribution >= 4 is 5.69 Å². The van der Waals surface area contributed by atoms with Gasteiger partial charge in [-0.05, 0) is 12.5 Å². The van der Waals surface area contributed by atoms with Crippen molar-refractivity contribution in [1.82, 2.24) is 4.98 Å². The molecule has 1 atom stereocenters. The number of anilines is 1. The van der Waals surface area contributed by atoms with Crippen LogP contribution in [0, 0.1) is 11.3 Å². The molecule has 4 nitrogen and oxygen atoms in total. The summed E-state index contributed by atoms with van der Waals surface area (Å²) in [5.74, 6) is 0. The molecule has 0 spiro atoms. The van der Waals surface area contributed by atoms with Crippen molar-refractivity contribution in [3.8, 4) is 6.07 Å². The molecule has 3 N–H and O–H groups in total. The Morgan fingerprint density at radius 1 is 1.62 bits per heavy atom. The number of rotatable bonds is 6. The van der Waals surface area contributed by atoms with Gasteiger partial charge in [0, 0.05) is 18.8 Å². The van der Waals surface area contributed by atoms with Gasteiger partial charge in [0.2, 0.25) is 0 Å². The predicted octanol–water partition coefficient (Wildman–Crippen LogP) is 1.88. The quantitative estimate of drug-likeness (QED) is 0.764. The monoisotopic (exact) mass is 218 g/mol. The highest BCUT2D eigenvalue weighted by molar-refractivity contribution is 5.55. The SMILES string of the molecule is CCCCC(CN)Nc1cnccc1C#N. The number of hydrogen-bond acceptors (Lipinski definition) is 4. The number of nitrogens with one attached hydrogen (secondary N) is 1. The molecule has 1 rings (SSSR count). The van der Waals surface area contributed by atoms with Crippen molar-refractivity contribution in [3.63, 3.8) is 0 Å². The summed E-state index contributed by atoms with van der Waals surface area (Å²) < 4.78 is 0. The second kappa shape index (κ2) is 6.81. The van der Waals surface area contributed by atoms with E-state index in [1.165, 1.54) is 0 Å². The highest BCUT2D eigenvalue weighted by atomic mass is 14.9. The second-order valence-electron chi connectivity index (χ2n) is 3.75. The minimum absolute atomic E-state index is 0.219. The smallest absolute Gasteiger partial charge is 0.101 e. The summed E-state index contributed by atoms with van der Waals surface area (Å²) in [6.07, 6.45) is 6.60. The van der Waals surface area contributed by atoms with Crippen molar-refractivity contribution in [2.75, 3.05) is 11.9 Å². The largest absolute Gasteiger partial charge is 0.379 e. The van der Waals surface area contributed by atoms with Gasteiger partial charge in [0.25, 0.3) is 0 Å². The molecule has 0 fully saturated rings. The summed E-state index contributed by atoms with van der Waals surface area (Å²) in [4.78, 5) is 4.01. The van der Waals surface area contributed by atoms with E-state index in [2.05, 4.69) is 23.3 Å². The van der Waals surface area contributed by atoms with Crippen molar-refractivity contribution in [1.29, 1.82) is 5.26 Å². The van der Waals surface area contributed by atoms with Gasteiger partial charge in [-0.3, -0.25) is 4.98 Å². The van der Waals surface area contributed by atoms with E-state index in [9.17, 15) is 0 Å². The van der Waals surface area contributed by atoms with Crippen molar-refractivity contribution in [3.05, 3.63) is 24.0 Å². The third kappa shape index (κ3) is 3.52. The Morgan fingerprint density at radius 2 is 2.44 bits per heavy atom. The van der Waals surface area contributed by atoms with E-state index < -0.39 is 0 Å². The molecule has 86 valence electrons. The molecular formula is C12H18N4. The number of nitrogens with zero attached hydrogens (tertiary/aromatic N) is 2. The van der Waals surface area contributed by atoms with Gasteiger partial charge < -0.3 is 11.1 Å². The van der Waals surface area contributed by atoms with E-state index in [4.69, 9.17) is 11.0 Å². The van der Waals surface area contributed by atoms with Crippen molar-refractivity contribution in [2.24, 2.45) is 5.73 Å². The lowest BCUT2D eigenvalue weighted by Crippen LogP contribution is -2.29. The zero-order chi connectivity index (χ0) is 11.8. The Kier molecular flexibility index (Phi) is 5.30. The van der Waals surface area contributed by atoms with Gasteiger partial charge in [-0.25, -0.2) is 0 Å². The Morgan fingerprint density at radius 3 is 3.06 bits per heavy atom. The van der Waals surface area contributed by atoms with E-state index in [0.717, 1.165) is 24.9 Å². The molecule has 0 amide bonds. The van der Waals surface area contributed by atoms with Crippen LogP contribution in [-0.4, -0.2) is 17.6 Å². The molecule has 0 aromatic carbocycles. The van der Waals surface area contributed by atoms with Crippen molar-refractivity contribution < 1.29 is 0 Å². The van der Waals surface area contributed by atoms with Gasteiger partial charge in [-0.2, -0.15) is 5.26 Å². The summed E-state index contributed by atoms with van der Waals surface area (Å²) in [7, 11) is 0. The van der Waals surface area contributed by atoms with Crippen LogP contribution < -0.4 is 11.1 Å². The fourth-order valence-electron chi connectivity index (χ4n) is 1.53. The number of pyridine rings is 1. The van der Waals surface area contributed by atoms with Crippen LogP contribution in [0.3, 0.4) is 0 Å². The molecular weight excluding hydrogens is 200 g/mol. The zero-order valence-electron chi connectivity index (χ0n) is 9.61. The topological polar surface area (TPSA) is 74.7 Å². The molecule has 1 aromatic rings. The highest BCUT2D eigenvalue weighted by Gasteiger charge is 2.08. The normalized spacial score (nSPS) is 11.8. The molecule has 0 aliphatic heterocycles. The van der Waals surface area contributed by atoms with Crippen LogP contribution in [0.25, 0.3) is 0 Å². The minimum atomic E-state index is 0.219. The third-order valence-electron chi connectivity index (χ3n) is 2.49. The Balaban J connectivity index is 2.66. The summed E-state index contributed by atoms with van der Waals surface area (Å²) in [5, 5.41) is 12.2. The van der Waals surface area contributed by atoms with Crippen LogP contribution in [-0.2, 0) is 0 Å². The molecule has 1 unspecified atom stereocenters. The molecule has 0 radical (unpaired) electrons. The first-order valence-electron chi connectivity index (χ1n) is 5.62. The molecule has 1 heterocycles. The van der Waals surface area contributed by atoms with Gasteiger partial charge in [-0.15, -0.1) is 0 Å². The lowest BCUT2D eigenvalue weighted by molar-refractivity contribution is 0.614. The van der Waals surface area contributed by atoms with E-state index in [1.54, 1.807) is 18.5 Å². The number of nitrogens with two attached hydrogens (primary N) is 1. The van der Waals surface area contributed by atoms with Gasteiger partial charge in [-0.1, -0.05) is 19.8 Å². The van der Waals surface area contributed by atoms with Crippen LogP contribution >= 0.6 is 0 Å². The predicted molar refractivity (Wildman–Crippen MR) is 64.9 cm³/mol. The summed E-state index contributed by atoms with van der Waals surface area (Å²) in [6.45, 7) is 2.72. The maximum absolute atomic E-state index is 8.93. The van der Waals surface area contributed by atoms with E-state index >= 15 is 0 Å². The number of nitriles is 1. The molecule has 16 heavy (non-hydrogen) atoms. The average molecular weight is 218 g/mol. The molecule has 4 heteroatoms. The molecule has 0 saturated carbocycles. The van der Waals surface area contributed by atoms with Gasteiger partial charge in [0.05, 0.1) is 17.4 Å². The Bertz CT molecular complexity index is 356. The first-order chi connectivity index (χ1) is 7.81. The molecule has 0 bridgehead atoms. The van der Waals surface area contributed by atoms with Gasteiger partial charge in [0.1, 0.15) is 6.07 Å². The van der Waals surface area contributed by atoms with E-state index in [0.29, 0.717) is 12.1 Å². The van der Waals surface area contributed by atoms with Crippen LogP contribution in [0.4, 0.5) is 5.69 Å². The molecule has 0 saturated heterocycles. The maximum atomic E-state index is 8.93. The average Bonchev–Trinajstić information content (AvgIpc) is 2.34. The Labute approximate surface area is 96.5 Å². The first kappa shape index (κ1) is 12.5. The van der Waals surface area contributed by atoms with Crippen LogP contribution in [0.1, 0.15) is 31.7 Å². The van der Waals surface area contributed by atoms with E-state index in [-0.39, 0.29) is 6.04 Å². The van der Waals surface area contributed by atoms with Crippen LogP contribution in [0.15, 0.2) is 18.5 Å². The summed E-state index contributed by atoms with van der Waals surface area (Å²) >= 11 is 0. The molecule has 0 aliphatic rings. The fourth-order valence-corrected chi connectivity index (χ4v) is 1.53. The number of unbranched alkanes of at least 4 members (excludes halogenated alkanes) is 1. The second-order valence-corrected chi connectivity index (χ2v) is 3.75. The summed E-state index contributed by atoms with van der Waals surface area (Å²) in [5.41, 5.74) is 7.08. The lowest BCUT2D eigenvalue weighted by atomic mass is 10.1. The first-order valence-corrected chi connectivity index (χ1v) is 5.62. The standard InChI is InChI=1S/C12H18N4/c1-2-3-4-11(8-14)16-12-9-15-6-5-10(12)7-13/h5-6,9,11,16H,2-4,8,14H2,1H3. The van der Waals surface area contributed by atoms with Crippen molar-refractivity contribution in [2.45, 2.75) is 32.2 Å². The minimum Gasteiger partial charge on any atom is -0.379 e.